The monoisotopic (exact) mass is 291 g/mol. The normalized spacial score (nSPS) is 23.6. The average Bonchev–Trinajstić information content (AvgIpc) is 2.72. The van der Waals surface area contributed by atoms with Crippen molar-refractivity contribution in [2.75, 3.05) is 13.1 Å². The molecule has 1 aliphatic heterocycles. The van der Waals surface area contributed by atoms with Crippen LogP contribution >= 0.6 is 12.4 Å². The molecule has 1 saturated heterocycles. The van der Waals surface area contributed by atoms with E-state index in [4.69, 9.17) is 0 Å². The molecule has 1 N–H and O–H groups in total. The summed E-state index contributed by atoms with van der Waals surface area (Å²) in [5.74, 6) is 1.04. The molecule has 0 radical (unpaired) electrons. The summed E-state index contributed by atoms with van der Waals surface area (Å²) in [4.78, 5) is 0. The van der Waals surface area contributed by atoms with Gasteiger partial charge in [0.1, 0.15) is 0 Å². The van der Waals surface area contributed by atoms with Crippen molar-refractivity contribution in [3.05, 3.63) is 41.5 Å². The highest BCUT2D eigenvalue weighted by molar-refractivity contribution is 5.85. The number of hydrogen-bond acceptors (Lipinski definition) is 1. The predicted octanol–water partition coefficient (Wildman–Crippen LogP) is 4.00. The molecule has 1 aromatic carbocycles. The second-order valence-electron chi connectivity index (χ2n) is 4.78. The molecule has 0 aromatic heterocycles. The molecule has 106 valence electrons. The lowest BCUT2D eigenvalue weighted by atomic mass is 9.97. The Morgan fingerprint density at radius 2 is 1.79 bits per heavy atom. The van der Waals surface area contributed by atoms with Crippen LogP contribution in [-0.2, 0) is 6.18 Å². The molecule has 0 saturated carbocycles. The second kappa shape index (κ2) is 6.44. The summed E-state index contributed by atoms with van der Waals surface area (Å²) < 4.78 is 37.1. The molecule has 0 aliphatic carbocycles. The molecule has 0 amide bonds. The Kier molecular flexibility index (Phi) is 5.44. The van der Waals surface area contributed by atoms with Crippen LogP contribution in [0.1, 0.15) is 18.1 Å². The number of alkyl halides is 3. The maximum absolute atomic E-state index is 12.4. The quantitative estimate of drug-likeness (QED) is 0.868. The first kappa shape index (κ1) is 16.1. The lowest BCUT2D eigenvalue weighted by Crippen LogP contribution is -2.07. The minimum absolute atomic E-state index is 0. The van der Waals surface area contributed by atoms with E-state index in [1.165, 1.54) is 12.1 Å². The summed E-state index contributed by atoms with van der Waals surface area (Å²) in [6, 6.07) is 5.25. The van der Waals surface area contributed by atoms with Crippen LogP contribution in [0.25, 0.3) is 6.08 Å². The smallest absolute Gasteiger partial charge is 0.316 e. The minimum atomic E-state index is -4.26. The molecule has 1 nitrogen and oxygen atoms in total. The van der Waals surface area contributed by atoms with Crippen LogP contribution < -0.4 is 5.32 Å². The molecule has 2 rings (SSSR count). The Bertz CT molecular complexity index is 425. The number of rotatable bonds is 2. The molecule has 1 aliphatic rings. The summed E-state index contributed by atoms with van der Waals surface area (Å²) >= 11 is 0. The van der Waals surface area contributed by atoms with Gasteiger partial charge in [-0.15, -0.1) is 12.4 Å². The summed E-state index contributed by atoms with van der Waals surface area (Å²) in [7, 11) is 0. The van der Waals surface area contributed by atoms with E-state index in [-0.39, 0.29) is 12.4 Å². The van der Waals surface area contributed by atoms with E-state index in [1.54, 1.807) is 0 Å². The lowest BCUT2D eigenvalue weighted by molar-refractivity contribution is -0.137. The number of halogens is 4. The Morgan fingerprint density at radius 3 is 2.26 bits per heavy atom. The van der Waals surface area contributed by atoms with Crippen molar-refractivity contribution >= 4 is 18.5 Å². The number of benzene rings is 1. The van der Waals surface area contributed by atoms with Gasteiger partial charge in [0, 0.05) is 6.54 Å². The minimum Gasteiger partial charge on any atom is -0.316 e. The fourth-order valence-corrected chi connectivity index (χ4v) is 2.11. The maximum Gasteiger partial charge on any atom is 0.416 e. The summed E-state index contributed by atoms with van der Waals surface area (Å²) in [5, 5.41) is 3.29. The van der Waals surface area contributed by atoms with Gasteiger partial charge in [0.05, 0.1) is 5.56 Å². The summed E-state index contributed by atoms with van der Waals surface area (Å²) in [6.45, 7) is 4.11. The standard InChI is InChI=1S/C14H16F3N.ClH/c1-10-8-18-9-12(10)5-2-11-3-6-13(7-4-11)14(15,16)17;/h2-7,10,12,18H,8-9H2,1H3;1H. The van der Waals surface area contributed by atoms with Crippen LogP contribution in [0.15, 0.2) is 30.3 Å². The number of nitrogens with one attached hydrogen (secondary N) is 1. The Labute approximate surface area is 117 Å². The molecule has 1 fully saturated rings. The molecular formula is C14H17ClF3N. The zero-order valence-corrected chi connectivity index (χ0v) is 11.4. The van der Waals surface area contributed by atoms with E-state index >= 15 is 0 Å². The third-order valence-corrected chi connectivity index (χ3v) is 3.35. The van der Waals surface area contributed by atoms with E-state index in [1.807, 2.05) is 6.08 Å². The van der Waals surface area contributed by atoms with Crippen LogP contribution in [0, 0.1) is 11.8 Å². The summed E-state index contributed by atoms with van der Waals surface area (Å²) in [5.41, 5.74) is 0.206. The topological polar surface area (TPSA) is 12.0 Å². The third-order valence-electron chi connectivity index (χ3n) is 3.35. The first-order valence-electron chi connectivity index (χ1n) is 6.03. The molecule has 0 bridgehead atoms. The van der Waals surface area contributed by atoms with Crippen molar-refractivity contribution in [3.63, 3.8) is 0 Å². The fourth-order valence-electron chi connectivity index (χ4n) is 2.11. The third kappa shape index (κ3) is 4.25. The average molecular weight is 292 g/mol. The van der Waals surface area contributed by atoms with Crippen LogP contribution in [0.4, 0.5) is 13.2 Å². The maximum atomic E-state index is 12.4. The Morgan fingerprint density at radius 1 is 1.16 bits per heavy atom. The van der Waals surface area contributed by atoms with Crippen molar-refractivity contribution in [1.82, 2.24) is 5.32 Å². The van der Waals surface area contributed by atoms with Crippen LogP contribution in [0.3, 0.4) is 0 Å². The van der Waals surface area contributed by atoms with Crippen LogP contribution in [0.5, 0.6) is 0 Å². The van der Waals surface area contributed by atoms with Crippen LogP contribution in [-0.4, -0.2) is 13.1 Å². The molecule has 19 heavy (non-hydrogen) atoms. The van der Waals surface area contributed by atoms with E-state index in [2.05, 4.69) is 18.3 Å². The van der Waals surface area contributed by atoms with Crippen molar-refractivity contribution < 1.29 is 13.2 Å². The van der Waals surface area contributed by atoms with Crippen molar-refractivity contribution in [3.8, 4) is 0 Å². The van der Waals surface area contributed by atoms with Gasteiger partial charge in [-0.25, -0.2) is 0 Å². The fraction of sp³-hybridized carbons (Fsp3) is 0.429. The largest absolute Gasteiger partial charge is 0.416 e. The molecule has 2 atom stereocenters. The van der Waals surface area contributed by atoms with Gasteiger partial charge >= 0.3 is 6.18 Å². The lowest BCUT2D eigenvalue weighted by Gasteiger charge is -2.08. The van der Waals surface area contributed by atoms with Crippen molar-refractivity contribution in [2.24, 2.45) is 11.8 Å². The molecule has 1 heterocycles. The SMILES string of the molecule is CC1CNCC1C=Cc1ccc(C(F)(F)F)cc1.Cl. The molecule has 5 heteroatoms. The van der Waals surface area contributed by atoms with Gasteiger partial charge in [0.15, 0.2) is 0 Å². The highest BCUT2D eigenvalue weighted by Gasteiger charge is 2.29. The highest BCUT2D eigenvalue weighted by Crippen LogP contribution is 2.29. The Hall–Kier alpha value is -1.00. The van der Waals surface area contributed by atoms with Gasteiger partial charge in [-0.05, 0) is 36.1 Å². The van der Waals surface area contributed by atoms with E-state index < -0.39 is 11.7 Å². The van der Waals surface area contributed by atoms with Gasteiger partial charge in [-0.1, -0.05) is 31.2 Å². The van der Waals surface area contributed by atoms with Gasteiger partial charge in [0.25, 0.3) is 0 Å². The zero-order chi connectivity index (χ0) is 13.2. The Balaban J connectivity index is 0.00000180. The summed E-state index contributed by atoms with van der Waals surface area (Å²) in [6.07, 6.45) is -0.284. The molecule has 2 unspecified atom stereocenters. The predicted molar refractivity (Wildman–Crippen MR) is 73.2 cm³/mol. The highest BCUT2D eigenvalue weighted by atomic mass is 35.5. The van der Waals surface area contributed by atoms with Crippen molar-refractivity contribution in [2.45, 2.75) is 13.1 Å². The van der Waals surface area contributed by atoms with E-state index in [0.717, 1.165) is 30.8 Å². The number of hydrogen-bond donors (Lipinski definition) is 1. The van der Waals surface area contributed by atoms with Gasteiger partial charge in [0.2, 0.25) is 0 Å². The van der Waals surface area contributed by atoms with Gasteiger partial charge in [-0.2, -0.15) is 13.2 Å². The molecule has 1 aromatic rings. The first-order chi connectivity index (χ1) is 8.47. The molecule has 0 spiro atoms. The van der Waals surface area contributed by atoms with Crippen molar-refractivity contribution in [1.29, 1.82) is 0 Å². The van der Waals surface area contributed by atoms with E-state index in [0.29, 0.717) is 11.8 Å². The first-order valence-corrected chi connectivity index (χ1v) is 6.03. The van der Waals surface area contributed by atoms with E-state index in [9.17, 15) is 13.2 Å². The second-order valence-corrected chi connectivity index (χ2v) is 4.78. The zero-order valence-electron chi connectivity index (χ0n) is 10.6. The molecular weight excluding hydrogens is 275 g/mol. The van der Waals surface area contributed by atoms with Gasteiger partial charge < -0.3 is 5.32 Å². The van der Waals surface area contributed by atoms with Crippen LogP contribution in [0.2, 0.25) is 0 Å². The van der Waals surface area contributed by atoms with Gasteiger partial charge in [-0.3, -0.25) is 0 Å².